The van der Waals surface area contributed by atoms with Gasteiger partial charge in [-0.25, -0.2) is 9.97 Å². The van der Waals surface area contributed by atoms with Gasteiger partial charge < -0.3 is 4.98 Å². The van der Waals surface area contributed by atoms with Crippen LogP contribution in [0.15, 0.2) is 30.7 Å². The van der Waals surface area contributed by atoms with Crippen molar-refractivity contribution in [3.63, 3.8) is 0 Å². The Kier molecular flexibility index (Phi) is 3.85. The van der Waals surface area contributed by atoms with Gasteiger partial charge in [0.15, 0.2) is 0 Å². The number of hydrogen-bond donors (Lipinski definition) is 1. The fourth-order valence-electron chi connectivity index (χ4n) is 1.09. The minimum Gasteiger partial charge on any atom is -0.360 e. The molecule has 0 saturated heterocycles. The number of H-pyrrole nitrogens is 1. The molecule has 0 aliphatic heterocycles. The minimum absolute atomic E-state index is 0.938. The molecule has 0 spiro atoms. The monoisotopic (exact) mass is 189 g/mol. The van der Waals surface area contributed by atoms with E-state index in [2.05, 4.69) is 15.0 Å². The molecule has 1 N–H and O–H groups in total. The van der Waals surface area contributed by atoms with Gasteiger partial charge in [-0.1, -0.05) is 13.8 Å². The first-order valence-electron chi connectivity index (χ1n) is 4.78. The van der Waals surface area contributed by atoms with E-state index in [1.807, 2.05) is 45.2 Å². The summed E-state index contributed by atoms with van der Waals surface area (Å²) in [4.78, 5) is 11.3. The van der Waals surface area contributed by atoms with Gasteiger partial charge in [-0.3, -0.25) is 0 Å². The summed E-state index contributed by atoms with van der Waals surface area (Å²) in [5, 5.41) is 0. The standard InChI is InChI=1S/C9H9N3.C2H6/c1-7-5-9(12-6-11-7)8-3-2-4-10-8;1-2/h2-6,10H,1H3;1-2H3. The molecule has 0 atom stereocenters. The Hall–Kier alpha value is -1.64. The van der Waals surface area contributed by atoms with Gasteiger partial charge in [0, 0.05) is 11.9 Å². The third-order valence-corrected chi connectivity index (χ3v) is 1.68. The molecule has 2 aromatic rings. The first-order valence-corrected chi connectivity index (χ1v) is 4.78. The summed E-state index contributed by atoms with van der Waals surface area (Å²) < 4.78 is 0. The molecule has 3 nitrogen and oxygen atoms in total. The number of hydrogen-bond acceptors (Lipinski definition) is 2. The van der Waals surface area contributed by atoms with Crippen molar-refractivity contribution in [1.82, 2.24) is 15.0 Å². The number of nitrogens with one attached hydrogen (secondary N) is 1. The van der Waals surface area contributed by atoms with Crippen LogP contribution in [0.1, 0.15) is 19.5 Å². The molecule has 0 saturated carbocycles. The summed E-state index contributed by atoms with van der Waals surface area (Å²) in [5.74, 6) is 0. The molecule has 0 unspecified atom stereocenters. The van der Waals surface area contributed by atoms with Gasteiger partial charge >= 0.3 is 0 Å². The predicted octanol–water partition coefficient (Wildman–Crippen LogP) is 2.81. The van der Waals surface area contributed by atoms with E-state index >= 15 is 0 Å². The molecule has 0 aromatic carbocycles. The second-order valence-corrected chi connectivity index (χ2v) is 2.63. The van der Waals surface area contributed by atoms with Crippen molar-refractivity contribution in [2.24, 2.45) is 0 Å². The van der Waals surface area contributed by atoms with Crippen LogP contribution in [0.5, 0.6) is 0 Å². The topological polar surface area (TPSA) is 41.6 Å². The largest absolute Gasteiger partial charge is 0.360 e. The Morgan fingerprint density at radius 1 is 1.21 bits per heavy atom. The molecule has 0 radical (unpaired) electrons. The Balaban J connectivity index is 0.000000461. The van der Waals surface area contributed by atoms with Crippen molar-refractivity contribution in [3.8, 4) is 11.4 Å². The maximum absolute atomic E-state index is 4.14. The molecular formula is C11H15N3. The highest BCUT2D eigenvalue weighted by Crippen LogP contribution is 2.12. The van der Waals surface area contributed by atoms with E-state index in [0.717, 1.165) is 17.1 Å². The van der Waals surface area contributed by atoms with E-state index < -0.39 is 0 Å². The highest BCUT2D eigenvalue weighted by atomic mass is 14.9. The molecule has 0 aliphatic carbocycles. The maximum atomic E-state index is 4.14. The quantitative estimate of drug-likeness (QED) is 0.749. The maximum Gasteiger partial charge on any atom is 0.116 e. The molecule has 0 aliphatic rings. The van der Waals surface area contributed by atoms with E-state index in [1.165, 1.54) is 0 Å². The van der Waals surface area contributed by atoms with Crippen LogP contribution in [-0.2, 0) is 0 Å². The Labute approximate surface area is 84.2 Å². The fraction of sp³-hybridized carbons (Fsp3) is 0.273. The molecule has 74 valence electrons. The molecule has 0 bridgehead atoms. The first kappa shape index (κ1) is 10.4. The second kappa shape index (κ2) is 5.17. The molecule has 2 aromatic heterocycles. The SMILES string of the molecule is CC.Cc1cc(-c2ccc[nH]2)ncn1. The van der Waals surface area contributed by atoms with Crippen molar-refractivity contribution < 1.29 is 0 Å². The zero-order chi connectivity index (χ0) is 10.4. The Morgan fingerprint density at radius 2 is 2.00 bits per heavy atom. The van der Waals surface area contributed by atoms with Crippen molar-refractivity contribution in [2.75, 3.05) is 0 Å². The van der Waals surface area contributed by atoms with Gasteiger partial charge in [0.05, 0.1) is 11.4 Å². The van der Waals surface area contributed by atoms with Gasteiger partial charge in [0.1, 0.15) is 6.33 Å². The number of aryl methyl sites for hydroxylation is 1. The van der Waals surface area contributed by atoms with Crippen LogP contribution in [0.2, 0.25) is 0 Å². The lowest BCUT2D eigenvalue weighted by atomic mass is 10.3. The Bertz CT molecular complexity index is 366. The molecule has 0 fully saturated rings. The smallest absolute Gasteiger partial charge is 0.116 e. The third kappa shape index (κ3) is 2.42. The van der Waals surface area contributed by atoms with Crippen molar-refractivity contribution in [1.29, 1.82) is 0 Å². The van der Waals surface area contributed by atoms with E-state index in [-0.39, 0.29) is 0 Å². The van der Waals surface area contributed by atoms with E-state index in [0.29, 0.717) is 0 Å². The van der Waals surface area contributed by atoms with Gasteiger partial charge in [-0.05, 0) is 25.1 Å². The lowest BCUT2D eigenvalue weighted by Gasteiger charge is -1.96. The Morgan fingerprint density at radius 3 is 2.57 bits per heavy atom. The zero-order valence-electron chi connectivity index (χ0n) is 8.78. The molecule has 2 rings (SSSR count). The minimum atomic E-state index is 0.938. The van der Waals surface area contributed by atoms with Crippen molar-refractivity contribution in [3.05, 3.63) is 36.4 Å². The van der Waals surface area contributed by atoms with Gasteiger partial charge in [-0.15, -0.1) is 0 Å². The number of rotatable bonds is 1. The molecule has 2 heterocycles. The summed E-state index contributed by atoms with van der Waals surface area (Å²) in [6.07, 6.45) is 3.46. The van der Waals surface area contributed by atoms with Crippen LogP contribution in [0.25, 0.3) is 11.4 Å². The van der Waals surface area contributed by atoms with Gasteiger partial charge in [0.25, 0.3) is 0 Å². The third-order valence-electron chi connectivity index (χ3n) is 1.68. The molecule has 0 amide bonds. The normalized spacial score (nSPS) is 9.07. The van der Waals surface area contributed by atoms with Crippen molar-refractivity contribution >= 4 is 0 Å². The van der Waals surface area contributed by atoms with Crippen LogP contribution in [-0.4, -0.2) is 15.0 Å². The number of nitrogens with zero attached hydrogens (tertiary/aromatic N) is 2. The summed E-state index contributed by atoms with van der Waals surface area (Å²) in [7, 11) is 0. The average Bonchev–Trinajstić information content (AvgIpc) is 2.74. The fourth-order valence-corrected chi connectivity index (χ4v) is 1.09. The van der Waals surface area contributed by atoms with Gasteiger partial charge in [-0.2, -0.15) is 0 Å². The molecule has 14 heavy (non-hydrogen) atoms. The lowest BCUT2D eigenvalue weighted by molar-refractivity contribution is 1.10. The van der Waals surface area contributed by atoms with Crippen LogP contribution < -0.4 is 0 Å². The molecule has 3 heteroatoms. The highest BCUT2D eigenvalue weighted by Gasteiger charge is 1.98. The van der Waals surface area contributed by atoms with Crippen LogP contribution >= 0.6 is 0 Å². The second-order valence-electron chi connectivity index (χ2n) is 2.63. The summed E-state index contributed by atoms with van der Waals surface area (Å²) in [5.41, 5.74) is 2.95. The zero-order valence-corrected chi connectivity index (χ0v) is 8.78. The van der Waals surface area contributed by atoms with E-state index in [4.69, 9.17) is 0 Å². The highest BCUT2D eigenvalue weighted by molar-refractivity contribution is 5.53. The van der Waals surface area contributed by atoms with Crippen LogP contribution in [0.4, 0.5) is 0 Å². The first-order chi connectivity index (χ1) is 6.86. The van der Waals surface area contributed by atoms with E-state index in [1.54, 1.807) is 6.33 Å². The summed E-state index contributed by atoms with van der Waals surface area (Å²) in [6.45, 7) is 5.95. The summed E-state index contributed by atoms with van der Waals surface area (Å²) >= 11 is 0. The molecular weight excluding hydrogens is 174 g/mol. The number of aromatic amines is 1. The predicted molar refractivity (Wildman–Crippen MR) is 57.9 cm³/mol. The summed E-state index contributed by atoms with van der Waals surface area (Å²) in [6, 6.07) is 5.89. The van der Waals surface area contributed by atoms with Crippen LogP contribution in [0, 0.1) is 6.92 Å². The average molecular weight is 189 g/mol. The van der Waals surface area contributed by atoms with Crippen LogP contribution in [0.3, 0.4) is 0 Å². The lowest BCUT2D eigenvalue weighted by Crippen LogP contribution is -1.87. The van der Waals surface area contributed by atoms with E-state index in [9.17, 15) is 0 Å². The number of aromatic nitrogens is 3. The van der Waals surface area contributed by atoms with Crippen molar-refractivity contribution in [2.45, 2.75) is 20.8 Å². The van der Waals surface area contributed by atoms with Gasteiger partial charge in [0.2, 0.25) is 0 Å².